The third-order valence-electron chi connectivity index (χ3n) is 12.8. The average Bonchev–Trinajstić information content (AvgIpc) is 3.99. The third kappa shape index (κ3) is 16.6. The average molecular weight is 1070 g/mol. The van der Waals surface area contributed by atoms with Gasteiger partial charge in [0.25, 0.3) is 0 Å². The third-order valence-corrected chi connectivity index (χ3v) is 14.5. The molecule has 0 saturated heterocycles. The molecule has 6 heterocycles. The molecule has 0 saturated carbocycles. The van der Waals surface area contributed by atoms with E-state index in [2.05, 4.69) is 64.8 Å². The fraction of sp³-hybridized carbons (Fsp3) is 0.536. The number of aromatic amines is 1. The molecule has 2 N–H and O–H groups in total. The van der Waals surface area contributed by atoms with Crippen LogP contribution in [0.2, 0.25) is 25.7 Å². The van der Waals surface area contributed by atoms with Crippen LogP contribution in [0.4, 0.5) is 0 Å². The Morgan fingerprint density at radius 1 is 0.711 bits per heavy atom. The highest BCUT2D eigenvalue weighted by Gasteiger charge is 2.40. The molecule has 0 aliphatic carbocycles. The van der Waals surface area contributed by atoms with Crippen LogP contribution < -0.4 is 18.9 Å². The van der Waals surface area contributed by atoms with Crippen LogP contribution in [0.3, 0.4) is 0 Å². The van der Waals surface area contributed by atoms with Crippen molar-refractivity contribution in [3.63, 3.8) is 0 Å². The summed E-state index contributed by atoms with van der Waals surface area (Å²) in [4.78, 5) is 51.7. The highest BCUT2D eigenvalue weighted by molar-refractivity contribution is 6.76. The van der Waals surface area contributed by atoms with E-state index >= 15 is 0 Å². The van der Waals surface area contributed by atoms with Gasteiger partial charge in [-0.05, 0) is 129 Å². The smallest absolute Gasteiger partial charge is 0.336 e. The Morgan fingerprint density at radius 3 is 1.68 bits per heavy atom. The monoisotopic (exact) mass is 1060 g/mol. The van der Waals surface area contributed by atoms with Crippen molar-refractivity contribution in [1.82, 2.24) is 49.9 Å². The summed E-state index contributed by atoms with van der Waals surface area (Å²) in [5.41, 5.74) is 4.50. The number of rotatable bonds is 25. The van der Waals surface area contributed by atoms with Crippen molar-refractivity contribution in [2.24, 2.45) is 10.8 Å². The van der Waals surface area contributed by atoms with E-state index in [0.29, 0.717) is 67.7 Å². The standard InChI is InChI=1S/C33H51N5O5Si.C23H29N5O4/c1-12-33(13-2,30(39)43-32(6,7)8)21-41-28-18-24(5)26(20-35-28)27-15-14-25(19-34-27)29-36-31(42-23(3)4)38(37-29)22-40-16-17-44(9,10)11;1-6-23(7-2,21(29)30)13-31-19-10-15(5)17(12-25-19)18-9-8-16(11-24-18)20-26-22(28-27-20)32-14(3)4/h14-15,18-20,23H,12-13,16-17,21-22H2,1-11H3;8-12,14H,6-7,13H2,1-5H3,(H,29,30)(H,26,27,28). The van der Waals surface area contributed by atoms with Gasteiger partial charge >= 0.3 is 24.0 Å². The minimum absolute atomic E-state index is 0.00827. The number of carbonyl (C=O) groups is 2. The van der Waals surface area contributed by atoms with Crippen LogP contribution in [0.25, 0.3) is 45.3 Å². The maximum absolute atomic E-state index is 13.0. The maximum atomic E-state index is 13.0. The molecule has 0 aliphatic rings. The summed E-state index contributed by atoms with van der Waals surface area (Å²) < 4.78 is 36.5. The van der Waals surface area contributed by atoms with Crippen LogP contribution in [-0.2, 0) is 25.8 Å². The Balaban J connectivity index is 0.000000295. The summed E-state index contributed by atoms with van der Waals surface area (Å²) in [5.74, 6) is 0.852. The van der Waals surface area contributed by atoms with Gasteiger partial charge in [-0.2, -0.15) is 14.6 Å². The number of aryl methyl sites for hydroxylation is 2. The highest BCUT2D eigenvalue weighted by Crippen LogP contribution is 2.34. The molecule has 76 heavy (non-hydrogen) atoms. The van der Waals surface area contributed by atoms with Crippen LogP contribution in [0, 0.1) is 24.7 Å². The Hall–Kier alpha value is -6.80. The second-order valence-electron chi connectivity index (χ2n) is 21.8. The number of nitrogens with one attached hydrogen (secondary N) is 1. The number of carboxylic acid groups (broad SMARTS) is 1. The summed E-state index contributed by atoms with van der Waals surface area (Å²) in [6.45, 7) is 33.2. The van der Waals surface area contributed by atoms with Gasteiger partial charge in [-0.15, -0.1) is 10.2 Å². The van der Waals surface area contributed by atoms with E-state index in [9.17, 15) is 14.7 Å². The number of aliphatic carboxylic acids is 1. The van der Waals surface area contributed by atoms with E-state index in [0.717, 1.165) is 50.8 Å². The number of hydrogen-bond acceptors (Lipinski definition) is 16. The summed E-state index contributed by atoms with van der Waals surface area (Å²) in [7, 11) is -1.19. The van der Waals surface area contributed by atoms with Crippen LogP contribution >= 0.6 is 0 Å². The normalized spacial score (nSPS) is 12.1. The number of ether oxygens (including phenoxy) is 6. The number of carboxylic acids is 1. The molecule has 412 valence electrons. The van der Waals surface area contributed by atoms with Crippen molar-refractivity contribution in [1.29, 1.82) is 0 Å². The predicted molar refractivity (Wildman–Crippen MR) is 295 cm³/mol. The summed E-state index contributed by atoms with van der Waals surface area (Å²) >= 11 is 0. The van der Waals surface area contributed by atoms with E-state index in [4.69, 9.17) is 28.4 Å². The number of pyridine rings is 4. The largest absolute Gasteiger partial charge is 0.481 e. The Bertz CT molecular complexity index is 2810. The zero-order chi connectivity index (χ0) is 56.0. The van der Waals surface area contributed by atoms with Gasteiger partial charge in [0.1, 0.15) is 36.4 Å². The van der Waals surface area contributed by atoms with Crippen molar-refractivity contribution in [3.8, 4) is 69.1 Å². The van der Waals surface area contributed by atoms with Crippen LogP contribution in [0.1, 0.15) is 113 Å². The van der Waals surface area contributed by atoms with Gasteiger partial charge in [0.05, 0.1) is 23.6 Å². The fourth-order valence-electron chi connectivity index (χ4n) is 7.56. The van der Waals surface area contributed by atoms with Crippen molar-refractivity contribution >= 4 is 20.0 Å². The molecule has 0 bridgehead atoms. The van der Waals surface area contributed by atoms with Gasteiger partial charge in [0, 0.05) is 73.9 Å². The minimum Gasteiger partial charge on any atom is -0.481 e. The minimum atomic E-state index is -1.19. The molecule has 0 spiro atoms. The summed E-state index contributed by atoms with van der Waals surface area (Å²) in [5, 5.41) is 21.1. The van der Waals surface area contributed by atoms with Crippen molar-refractivity contribution in [2.45, 2.75) is 166 Å². The fourth-order valence-corrected chi connectivity index (χ4v) is 8.32. The number of hydrogen-bond donors (Lipinski definition) is 2. The first-order valence-electron chi connectivity index (χ1n) is 26.2. The lowest BCUT2D eigenvalue weighted by Crippen LogP contribution is -2.41. The number of nitrogens with zero attached hydrogens (tertiary/aromatic N) is 9. The molecule has 20 heteroatoms. The van der Waals surface area contributed by atoms with Gasteiger partial charge in [-0.25, -0.2) is 9.97 Å². The second kappa shape index (κ2) is 26.3. The molecule has 6 rings (SSSR count). The number of H-pyrrole nitrogens is 1. The van der Waals surface area contributed by atoms with E-state index in [-0.39, 0.29) is 38.1 Å². The molecule has 0 aromatic carbocycles. The molecule has 0 amide bonds. The lowest BCUT2D eigenvalue weighted by atomic mass is 9.83. The molecule has 6 aromatic rings. The van der Waals surface area contributed by atoms with Crippen molar-refractivity contribution in [2.75, 3.05) is 19.8 Å². The molecule has 19 nitrogen and oxygen atoms in total. The topological polar surface area (TPSA) is 234 Å². The van der Waals surface area contributed by atoms with Crippen LogP contribution in [0.15, 0.2) is 61.2 Å². The Morgan fingerprint density at radius 2 is 1.24 bits per heavy atom. The van der Waals surface area contributed by atoms with E-state index in [1.807, 2.05) is 120 Å². The predicted octanol–water partition coefficient (Wildman–Crippen LogP) is 11.6. The van der Waals surface area contributed by atoms with E-state index in [1.165, 1.54) is 0 Å². The van der Waals surface area contributed by atoms with Crippen molar-refractivity contribution < 1.29 is 43.1 Å². The maximum Gasteiger partial charge on any atom is 0.336 e. The number of esters is 1. The van der Waals surface area contributed by atoms with Crippen LogP contribution in [0.5, 0.6) is 23.8 Å². The van der Waals surface area contributed by atoms with Gasteiger partial charge < -0.3 is 33.5 Å². The number of carbonyl (C=O) groups excluding carboxylic acids is 1. The molecule has 0 atom stereocenters. The van der Waals surface area contributed by atoms with Gasteiger partial charge in [0.15, 0.2) is 11.6 Å². The Labute approximate surface area is 449 Å². The molecule has 0 fully saturated rings. The summed E-state index contributed by atoms with van der Waals surface area (Å²) in [6.07, 6.45) is 9.04. The highest BCUT2D eigenvalue weighted by atomic mass is 28.3. The molecular formula is C56H80N10O9Si. The molecular weight excluding hydrogens is 985 g/mol. The molecule has 0 aliphatic heterocycles. The number of aromatic nitrogens is 10. The first kappa shape index (κ1) is 60.1. The van der Waals surface area contributed by atoms with E-state index < -0.39 is 30.5 Å². The molecule has 0 unspecified atom stereocenters. The zero-order valence-electron chi connectivity index (χ0n) is 47.5. The molecule has 0 radical (unpaired) electrons. The lowest BCUT2D eigenvalue weighted by Gasteiger charge is -2.32. The SMILES string of the molecule is CCC(CC)(COc1cc(C)c(-c2ccc(-c3nc(OC(C)C)n(COCC[Si](C)(C)C)n3)cn2)cn1)C(=O)OC(C)(C)C.CCC(CC)(COc1cc(C)c(-c2ccc(-c3nc(OC(C)C)n[nH]3)cn2)cn1)C(=O)O. The van der Waals surface area contributed by atoms with Crippen molar-refractivity contribution in [3.05, 3.63) is 72.3 Å². The van der Waals surface area contributed by atoms with Crippen LogP contribution in [-0.4, -0.2) is 113 Å². The zero-order valence-corrected chi connectivity index (χ0v) is 48.5. The summed E-state index contributed by atoms with van der Waals surface area (Å²) in [6, 6.07) is 13.1. The quantitative estimate of drug-likeness (QED) is 0.0308. The second-order valence-corrected chi connectivity index (χ2v) is 27.4. The Kier molecular flexibility index (Phi) is 20.8. The first-order valence-corrected chi connectivity index (χ1v) is 29.9. The van der Waals surface area contributed by atoms with Gasteiger partial charge in [-0.3, -0.25) is 24.7 Å². The lowest BCUT2D eigenvalue weighted by molar-refractivity contribution is -0.170. The first-order chi connectivity index (χ1) is 35.8. The van der Waals surface area contributed by atoms with Gasteiger partial charge in [0.2, 0.25) is 11.8 Å². The van der Waals surface area contributed by atoms with Gasteiger partial charge in [-0.1, -0.05) is 47.3 Å². The van der Waals surface area contributed by atoms with E-state index in [1.54, 1.807) is 35.5 Å². The molecule has 6 aromatic heterocycles.